The lowest BCUT2D eigenvalue weighted by Crippen LogP contribution is -1.97. The first-order valence-electron chi connectivity index (χ1n) is 6.11. The molecule has 2 heterocycles. The normalized spacial score (nSPS) is 11.1. The van der Waals surface area contributed by atoms with Crippen molar-refractivity contribution in [3.63, 3.8) is 0 Å². The summed E-state index contributed by atoms with van der Waals surface area (Å²) in [6, 6.07) is 12.4. The van der Waals surface area contributed by atoms with Gasteiger partial charge in [0.05, 0.1) is 5.69 Å². The molecule has 2 aromatic heterocycles. The van der Waals surface area contributed by atoms with E-state index in [9.17, 15) is 0 Å². The van der Waals surface area contributed by atoms with Gasteiger partial charge in [0.1, 0.15) is 11.5 Å². The maximum absolute atomic E-state index is 6.17. The molecule has 1 aromatic carbocycles. The van der Waals surface area contributed by atoms with Crippen molar-refractivity contribution in [3.05, 3.63) is 63.9 Å². The smallest absolute Gasteiger partial charge is 0.138 e. The highest BCUT2D eigenvalue weighted by Crippen LogP contribution is 2.21. The first-order valence-corrected chi connectivity index (χ1v) is 6.90. The van der Waals surface area contributed by atoms with Gasteiger partial charge in [0.15, 0.2) is 0 Å². The van der Waals surface area contributed by atoms with Crippen LogP contribution in [0.2, 0.25) is 0 Å². The largest absolute Gasteiger partial charge is 0.383 e. The molecule has 0 bridgehead atoms. The molecule has 0 saturated heterocycles. The van der Waals surface area contributed by atoms with Gasteiger partial charge in [-0.3, -0.25) is 4.40 Å². The predicted molar refractivity (Wildman–Crippen MR) is 81.3 cm³/mol. The van der Waals surface area contributed by atoms with Gasteiger partial charge in [-0.25, -0.2) is 4.98 Å². The number of fused-ring (bicyclic) bond motifs is 1. The molecular weight excluding hydrogens is 302 g/mol. The molecule has 0 radical (unpaired) electrons. The molecule has 0 atom stereocenters. The van der Waals surface area contributed by atoms with Crippen molar-refractivity contribution in [2.75, 3.05) is 5.73 Å². The number of nitrogen functional groups attached to an aromatic ring is 1. The van der Waals surface area contributed by atoms with Gasteiger partial charge in [-0.15, -0.1) is 0 Å². The molecule has 0 aliphatic rings. The predicted octanol–water partition coefficient (Wildman–Crippen LogP) is 3.58. The third-order valence-electron chi connectivity index (χ3n) is 3.19. The van der Waals surface area contributed by atoms with Gasteiger partial charge in [-0.2, -0.15) is 0 Å². The van der Waals surface area contributed by atoms with Gasteiger partial charge < -0.3 is 5.73 Å². The fourth-order valence-corrected chi connectivity index (χ4v) is 2.45. The number of aromatic nitrogens is 2. The lowest BCUT2D eigenvalue weighted by atomic mass is 10.1. The summed E-state index contributed by atoms with van der Waals surface area (Å²) in [7, 11) is 0. The third kappa shape index (κ3) is 2.36. The van der Waals surface area contributed by atoms with Crippen LogP contribution in [-0.4, -0.2) is 9.38 Å². The summed E-state index contributed by atoms with van der Waals surface area (Å²) < 4.78 is 2.90. The van der Waals surface area contributed by atoms with Crippen molar-refractivity contribution in [3.8, 4) is 0 Å². The Morgan fingerprint density at radius 3 is 2.63 bits per heavy atom. The molecule has 3 rings (SSSR count). The first kappa shape index (κ1) is 12.2. The minimum atomic E-state index is 0.705. The Hall–Kier alpha value is -1.81. The molecule has 2 N–H and O–H groups in total. The van der Waals surface area contributed by atoms with Crippen molar-refractivity contribution >= 4 is 27.4 Å². The van der Waals surface area contributed by atoms with Gasteiger partial charge in [0.2, 0.25) is 0 Å². The Morgan fingerprint density at radius 1 is 1.16 bits per heavy atom. The summed E-state index contributed by atoms with van der Waals surface area (Å²) in [5.41, 5.74) is 10.4. The zero-order chi connectivity index (χ0) is 13.4. The van der Waals surface area contributed by atoms with E-state index in [1.807, 2.05) is 22.7 Å². The Balaban J connectivity index is 2.01. The van der Waals surface area contributed by atoms with Crippen LogP contribution in [0.5, 0.6) is 0 Å². The summed E-state index contributed by atoms with van der Waals surface area (Å²) >= 11 is 3.45. The van der Waals surface area contributed by atoms with Crippen LogP contribution in [-0.2, 0) is 6.42 Å². The molecule has 0 saturated carbocycles. The lowest BCUT2D eigenvalue weighted by molar-refractivity contribution is 1.12. The van der Waals surface area contributed by atoms with Crippen molar-refractivity contribution in [2.45, 2.75) is 13.3 Å². The van der Waals surface area contributed by atoms with Crippen molar-refractivity contribution in [1.29, 1.82) is 0 Å². The van der Waals surface area contributed by atoms with E-state index in [-0.39, 0.29) is 0 Å². The molecule has 0 spiro atoms. The summed E-state index contributed by atoms with van der Waals surface area (Å²) in [6.07, 6.45) is 2.70. The Bertz CT molecular complexity index is 729. The molecule has 0 fully saturated rings. The van der Waals surface area contributed by atoms with E-state index >= 15 is 0 Å². The Labute approximate surface area is 120 Å². The number of anilines is 1. The SMILES string of the molecule is Cc1ccc(Cc2nc3ccc(Br)cn3c2N)cc1. The van der Waals surface area contributed by atoms with E-state index in [2.05, 4.69) is 52.1 Å². The van der Waals surface area contributed by atoms with Gasteiger partial charge in [-0.05, 0) is 40.5 Å². The third-order valence-corrected chi connectivity index (χ3v) is 3.66. The van der Waals surface area contributed by atoms with Crippen molar-refractivity contribution in [2.24, 2.45) is 0 Å². The number of aryl methyl sites for hydroxylation is 1. The second kappa shape index (κ2) is 4.70. The van der Waals surface area contributed by atoms with Crippen molar-refractivity contribution < 1.29 is 0 Å². The van der Waals surface area contributed by atoms with Crippen LogP contribution in [0.15, 0.2) is 47.1 Å². The molecule has 3 aromatic rings. The summed E-state index contributed by atoms with van der Waals surface area (Å²) in [5.74, 6) is 0.705. The second-order valence-electron chi connectivity index (χ2n) is 4.68. The number of halogens is 1. The second-order valence-corrected chi connectivity index (χ2v) is 5.60. The van der Waals surface area contributed by atoms with E-state index in [0.29, 0.717) is 5.82 Å². The molecule has 0 unspecified atom stereocenters. The van der Waals surface area contributed by atoms with Crippen LogP contribution < -0.4 is 5.73 Å². The fourth-order valence-electron chi connectivity index (χ4n) is 2.11. The number of hydrogen-bond acceptors (Lipinski definition) is 2. The van der Waals surface area contributed by atoms with Crippen LogP contribution in [0.4, 0.5) is 5.82 Å². The monoisotopic (exact) mass is 315 g/mol. The highest BCUT2D eigenvalue weighted by Gasteiger charge is 2.09. The maximum atomic E-state index is 6.17. The maximum Gasteiger partial charge on any atom is 0.138 e. The van der Waals surface area contributed by atoms with E-state index in [1.54, 1.807) is 0 Å². The van der Waals surface area contributed by atoms with Crippen LogP contribution >= 0.6 is 15.9 Å². The number of benzene rings is 1. The number of imidazole rings is 1. The van der Waals surface area contributed by atoms with Gasteiger partial charge in [0.25, 0.3) is 0 Å². The van der Waals surface area contributed by atoms with Gasteiger partial charge in [0, 0.05) is 17.1 Å². The summed E-state index contributed by atoms with van der Waals surface area (Å²) in [6.45, 7) is 2.08. The molecule has 19 heavy (non-hydrogen) atoms. The molecule has 96 valence electrons. The topological polar surface area (TPSA) is 43.3 Å². The quantitative estimate of drug-likeness (QED) is 0.785. The number of pyridine rings is 1. The number of rotatable bonds is 2. The van der Waals surface area contributed by atoms with Gasteiger partial charge in [-0.1, -0.05) is 29.8 Å². The van der Waals surface area contributed by atoms with Crippen LogP contribution in [0.25, 0.3) is 5.65 Å². The van der Waals surface area contributed by atoms with Crippen LogP contribution in [0.3, 0.4) is 0 Å². The highest BCUT2D eigenvalue weighted by atomic mass is 79.9. The summed E-state index contributed by atoms with van der Waals surface area (Å²) in [4.78, 5) is 4.59. The van der Waals surface area contributed by atoms with Crippen molar-refractivity contribution in [1.82, 2.24) is 9.38 Å². The minimum Gasteiger partial charge on any atom is -0.383 e. The van der Waals surface area contributed by atoms with E-state index in [4.69, 9.17) is 5.73 Å². The minimum absolute atomic E-state index is 0.705. The Kier molecular flexibility index (Phi) is 3.03. The number of nitrogens with zero attached hydrogens (tertiary/aromatic N) is 2. The molecule has 0 aliphatic heterocycles. The number of hydrogen-bond donors (Lipinski definition) is 1. The average molecular weight is 316 g/mol. The average Bonchev–Trinajstić information content (AvgIpc) is 2.70. The van der Waals surface area contributed by atoms with Crippen LogP contribution in [0.1, 0.15) is 16.8 Å². The summed E-state index contributed by atoms with van der Waals surface area (Å²) in [5, 5.41) is 0. The molecular formula is C15H14BrN3. The zero-order valence-electron chi connectivity index (χ0n) is 10.6. The first-order chi connectivity index (χ1) is 9.13. The van der Waals surface area contributed by atoms with Crippen LogP contribution in [0, 0.1) is 6.92 Å². The molecule has 4 heteroatoms. The lowest BCUT2D eigenvalue weighted by Gasteiger charge is -2.01. The number of nitrogens with two attached hydrogens (primary N) is 1. The van der Waals surface area contributed by atoms with E-state index in [0.717, 1.165) is 22.2 Å². The standard InChI is InChI=1S/C15H14BrN3/c1-10-2-4-11(5-3-10)8-13-15(17)19-9-12(16)6-7-14(19)18-13/h2-7,9H,8,17H2,1H3. The fraction of sp³-hybridized carbons (Fsp3) is 0.133. The highest BCUT2D eigenvalue weighted by molar-refractivity contribution is 9.10. The molecule has 0 amide bonds. The molecule has 0 aliphatic carbocycles. The van der Waals surface area contributed by atoms with E-state index in [1.165, 1.54) is 11.1 Å². The van der Waals surface area contributed by atoms with E-state index < -0.39 is 0 Å². The van der Waals surface area contributed by atoms with Gasteiger partial charge >= 0.3 is 0 Å². The molecule has 3 nitrogen and oxygen atoms in total. The Morgan fingerprint density at radius 2 is 1.89 bits per heavy atom. The zero-order valence-corrected chi connectivity index (χ0v) is 12.2.